The van der Waals surface area contributed by atoms with Crippen LogP contribution in [0, 0.1) is 0 Å². The molecule has 0 heterocycles. The van der Waals surface area contributed by atoms with Gasteiger partial charge >= 0.3 is 19.5 Å². The van der Waals surface area contributed by atoms with Crippen molar-refractivity contribution in [3.05, 3.63) is 0 Å². The first-order valence-corrected chi connectivity index (χ1v) is 4.40. The van der Waals surface area contributed by atoms with Gasteiger partial charge in [-0.1, -0.05) is 0 Å². The smallest absolute Gasteiger partial charge is 0.548 e. The summed E-state index contributed by atoms with van der Waals surface area (Å²) in [6, 6.07) is -2.54. The molecule has 0 aliphatic heterocycles. The monoisotopic (exact) mass is 300 g/mol. The summed E-state index contributed by atoms with van der Waals surface area (Å²) in [7, 11) is 0. The van der Waals surface area contributed by atoms with Gasteiger partial charge in [0.15, 0.2) is 0 Å². The van der Waals surface area contributed by atoms with Gasteiger partial charge in [-0.05, 0) is 13.8 Å². The molecule has 8 nitrogen and oxygen atoms in total. The van der Waals surface area contributed by atoms with Crippen molar-refractivity contribution in [2.75, 3.05) is 0 Å². The third-order valence-corrected chi connectivity index (χ3v) is 1.58. The first-order chi connectivity index (χ1) is 7.11. The van der Waals surface area contributed by atoms with Crippen molar-refractivity contribution in [1.82, 2.24) is 0 Å². The number of hydrogen-bond acceptors (Lipinski definition) is 8. The van der Waals surface area contributed by atoms with Crippen LogP contribution in [0.25, 0.3) is 0 Å². The van der Waals surface area contributed by atoms with E-state index in [4.69, 9.17) is 21.7 Å². The number of aliphatic hydroxyl groups is 2. The van der Waals surface area contributed by atoms with Gasteiger partial charge in [0.05, 0.1) is 36.2 Å². The summed E-state index contributed by atoms with van der Waals surface area (Å²) in [6.07, 6.45) is -2.08. The molecule has 9 heteroatoms. The third kappa shape index (κ3) is 11.7. The van der Waals surface area contributed by atoms with Crippen LogP contribution in [0.1, 0.15) is 13.8 Å². The van der Waals surface area contributed by atoms with E-state index in [1.165, 1.54) is 13.8 Å². The zero-order valence-corrected chi connectivity index (χ0v) is 12.7. The maximum atomic E-state index is 9.74. The summed E-state index contributed by atoms with van der Waals surface area (Å²) >= 11 is 0. The van der Waals surface area contributed by atoms with Crippen LogP contribution in [0.4, 0.5) is 0 Å². The van der Waals surface area contributed by atoms with Gasteiger partial charge in [-0.15, -0.1) is 0 Å². The second-order valence-electron chi connectivity index (χ2n) is 3.17. The van der Waals surface area contributed by atoms with E-state index in [1.807, 2.05) is 0 Å². The maximum Gasteiger partial charge on any atom is 2.00 e. The molecule has 0 saturated carbocycles. The number of hydrogen-bond donors (Lipinski definition) is 4. The van der Waals surface area contributed by atoms with E-state index in [2.05, 4.69) is 0 Å². The molecule has 0 aliphatic rings. The second kappa shape index (κ2) is 10.6. The average Bonchev–Trinajstić information content (AvgIpc) is 2.15. The molecule has 0 bridgehead atoms. The molecule has 0 aliphatic carbocycles. The predicted octanol–water partition coefficient (Wildman–Crippen LogP) is -5.11. The summed E-state index contributed by atoms with van der Waals surface area (Å²) in [4.78, 5) is 19.5. The first kappa shape index (κ1) is 21.7. The zero-order chi connectivity index (χ0) is 13.5. The van der Waals surface area contributed by atoms with Crippen LogP contribution < -0.4 is 21.7 Å². The average molecular weight is 302 g/mol. The molecule has 6 N–H and O–H groups in total. The van der Waals surface area contributed by atoms with Crippen molar-refractivity contribution in [2.45, 2.75) is 38.1 Å². The fraction of sp³-hybridized carbons (Fsp3) is 0.750. The molecule has 4 atom stereocenters. The Balaban J connectivity index is -0.000000218. The van der Waals surface area contributed by atoms with Gasteiger partial charge in [-0.2, -0.15) is 0 Å². The Morgan fingerprint density at radius 2 is 1.12 bits per heavy atom. The van der Waals surface area contributed by atoms with Crippen molar-refractivity contribution >= 4 is 11.9 Å². The number of aliphatic carboxylic acids is 2. The largest absolute Gasteiger partial charge is 2.00 e. The fourth-order valence-electron chi connectivity index (χ4n) is 0.394. The molecule has 0 fully saturated rings. The molecule has 0 rings (SSSR count). The van der Waals surface area contributed by atoms with Crippen LogP contribution in [0.2, 0.25) is 0 Å². The third-order valence-electron chi connectivity index (χ3n) is 1.58. The molecule has 0 aromatic rings. The van der Waals surface area contributed by atoms with E-state index >= 15 is 0 Å². The molecule has 0 aromatic carbocycles. The number of carbonyl (C=O) groups excluding carboxylic acids is 2. The van der Waals surface area contributed by atoms with Crippen molar-refractivity contribution in [2.24, 2.45) is 11.5 Å². The van der Waals surface area contributed by atoms with Crippen molar-refractivity contribution in [3.63, 3.8) is 0 Å². The van der Waals surface area contributed by atoms with Crippen LogP contribution in [0.3, 0.4) is 0 Å². The number of rotatable bonds is 4. The van der Waals surface area contributed by atoms with E-state index in [0.29, 0.717) is 0 Å². The molecule has 17 heavy (non-hydrogen) atoms. The Hall–Kier alpha value is -0.597. The molecular weight excluding hydrogens is 285 g/mol. The summed E-state index contributed by atoms with van der Waals surface area (Å²) in [5.74, 6) is -2.86. The van der Waals surface area contributed by atoms with Gasteiger partial charge in [0.25, 0.3) is 0 Å². The Bertz CT molecular complexity index is 212. The minimum absolute atomic E-state index is 0. The van der Waals surface area contributed by atoms with Crippen LogP contribution in [0.15, 0.2) is 0 Å². The number of carbonyl (C=O) groups is 2. The summed E-state index contributed by atoms with van der Waals surface area (Å²) in [5.41, 5.74) is 9.69. The zero-order valence-electron chi connectivity index (χ0n) is 9.70. The first-order valence-electron chi connectivity index (χ1n) is 4.40. The number of nitrogens with two attached hydrogens (primary N) is 2. The quantitative estimate of drug-likeness (QED) is 0.373. The molecule has 0 amide bonds. The Labute approximate surface area is 111 Å². The summed E-state index contributed by atoms with van der Waals surface area (Å²) in [5, 5.41) is 36.4. The van der Waals surface area contributed by atoms with Crippen LogP contribution in [-0.4, -0.2) is 46.4 Å². The molecule has 0 unspecified atom stereocenters. The normalized spacial score (nSPS) is 16.4. The van der Waals surface area contributed by atoms with Gasteiger partial charge in [0.1, 0.15) is 0 Å². The standard InChI is InChI=1S/2C4H9NO3.Zn/c2*1-2(6)3(5)4(7)8;/h2*2-3,6H,5H2,1H3,(H,7,8);/q;;+2/p-2/t2*2-,3+;/m11./s1. The summed E-state index contributed by atoms with van der Waals surface area (Å²) in [6.45, 7) is 2.58. The molecule has 0 saturated heterocycles. The molecular formula is C8H16N2O6Zn. The van der Waals surface area contributed by atoms with Gasteiger partial charge in [-0.3, -0.25) is 0 Å². The minimum atomic E-state index is -1.43. The SMILES string of the molecule is C[C@@H](O)[C@H](N)C(=O)[O-].C[C@@H](O)[C@H](N)C(=O)[O-].[Zn+2]. The van der Waals surface area contributed by atoms with Gasteiger partial charge in [0.2, 0.25) is 0 Å². The van der Waals surface area contributed by atoms with Crippen LogP contribution >= 0.6 is 0 Å². The van der Waals surface area contributed by atoms with E-state index < -0.39 is 36.2 Å². The molecule has 96 valence electrons. The van der Waals surface area contributed by atoms with Crippen molar-refractivity contribution < 1.29 is 49.5 Å². The van der Waals surface area contributed by atoms with E-state index in [-0.39, 0.29) is 19.5 Å². The Morgan fingerprint density at radius 3 is 1.12 bits per heavy atom. The molecule has 0 aromatic heterocycles. The second-order valence-corrected chi connectivity index (χ2v) is 3.17. The van der Waals surface area contributed by atoms with Gasteiger partial charge < -0.3 is 41.5 Å². The Kier molecular flexibility index (Phi) is 13.4. The molecule has 0 spiro atoms. The van der Waals surface area contributed by atoms with Gasteiger partial charge in [0, 0.05) is 0 Å². The van der Waals surface area contributed by atoms with E-state index in [0.717, 1.165) is 0 Å². The Morgan fingerprint density at radius 1 is 0.941 bits per heavy atom. The summed E-state index contributed by atoms with van der Waals surface area (Å²) < 4.78 is 0. The van der Waals surface area contributed by atoms with E-state index in [9.17, 15) is 19.8 Å². The fourth-order valence-corrected chi connectivity index (χ4v) is 0.394. The van der Waals surface area contributed by atoms with E-state index in [1.54, 1.807) is 0 Å². The van der Waals surface area contributed by atoms with Gasteiger partial charge in [-0.25, -0.2) is 0 Å². The van der Waals surface area contributed by atoms with Crippen molar-refractivity contribution in [1.29, 1.82) is 0 Å². The van der Waals surface area contributed by atoms with Crippen LogP contribution in [-0.2, 0) is 29.1 Å². The number of aliphatic hydroxyl groups excluding tert-OH is 2. The maximum absolute atomic E-state index is 9.74. The number of carboxylic acid groups (broad SMARTS) is 2. The predicted molar refractivity (Wildman–Crippen MR) is 49.3 cm³/mol. The minimum Gasteiger partial charge on any atom is -0.548 e. The van der Waals surface area contributed by atoms with Crippen molar-refractivity contribution in [3.8, 4) is 0 Å². The molecule has 0 radical (unpaired) electrons. The van der Waals surface area contributed by atoms with Crippen LogP contribution in [0.5, 0.6) is 0 Å². The number of carboxylic acids is 2. The topological polar surface area (TPSA) is 173 Å².